The summed E-state index contributed by atoms with van der Waals surface area (Å²) in [6, 6.07) is 4.62. The third kappa shape index (κ3) is 3.11. The molecule has 0 amide bonds. The van der Waals surface area contributed by atoms with Crippen molar-refractivity contribution >= 4 is 16.7 Å². The van der Waals surface area contributed by atoms with E-state index in [1.54, 1.807) is 10.7 Å². The molecule has 1 aromatic heterocycles. The Morgan fingerprint density at radius 1 is 1.09 bits per heavy atom. The predicted molar refractivity (Wildman–Crippen MR) is 128 cm³/mol. The summed E-state index contributed by atoms with van der Waals surface area (Å²) in [6.45, 7) is 4.78. The molecular weight excluding hydrogens is 427 g/mol. The maximum atomic E-state index is 13.8. The first kappa shape index (κ1) is 21.5. The molecule has 0 spiro atoms. The third-order valence-corrected chi connectivity index (χ3v) is 11.2. The van der Waals surface area contributed by atoms with Crippen molar-refractivity contribution in [2.45, 2.75) is 77.4 Å². The number of nitrogens with zero attached hydrogens (tertiary/aromatic N) is 2. The van der Waals surface area contributed by atoms with Crippen LogP contribution in [0.2, 0.25) is 0 Å². The number of carbonyl (C=O) groups excluding carboxylic acids is 1. The van der Waals surface area contributed by atoms with Gasteiger partial charge < -0.3 is 5.11 Å². The van der Waals surface area contributed by atoms with Crippen LogP contribution in [-0.2, 0) is 11.3 Å². The lowest BCUT2D eigenvalue weighted by atomic mass is 9.48. The number of rotatable bonds is 3. The zero-order valence-corrected chi connectivity index (χ0v) is 20.4. The number of carbonyl (C=O) groups is 1. The van der Waals surface area contributed by atoms with Gasteiger partial charge in [0.05, 0.1) is 17.7 Å². The highest BCUT2D eigenvalue weighted by molar-refractivity contribution is 5.84. The van der Waals surface area contributed by atoms with Crippen molar-refractivity contribution < 1.29 is 14.3 Å². The molecule has 5 fully saturated rings. The molecule has 5 aliphatic carbocycles. The highest BCUT2D eigenvalue weighted by atomic mass is 19.1. The van der Waals surface area contributed by atoms with Crippen molar-refractivity contribution in [1.29, 1.82) is 0 Å². The first-order valence-corrected chi connectivity index (χ1v) is 13.6. The van der Waals surface area contributed by atoms with E-state index in [9.17, 15) is 14.3 Å². The van der Waals surface area contributed by atoms with Crippen LogP contribution in [0.25, 0.3) is 10.9 Å². The van der Waals surface area contributed by atoms with Crippen molar-refractivity contribution in [2.75, 3.05) is 0 Å². The summed E-state index contributed by atoms with van der Waals surface area (Å²) in [7, 11) is 0. The number of aliphatic hydroxyl groups is 1. The van der Waals surface area contributed by atoms with Gasteiger partial charge in [-0.15, -0.1) is 0 Å². The summed E-state index contributed by atoms with van der Waals surface area (Å²) in [6.07, 6.45) is 11.2. The zero-order chi connectivity index (χ0) is 23.4. The Morgan fingerprint density at radius 2 is 1.91 bits per heavy atom. The van der Waals surface area contributed by atoms with Gasteiger partial charge in [0.15, 0.2) is 5.78 Å². The van der Waals surface area contributed by atoms with Gasteiger partial charge in [-0.05, 0) is 123 Å². The van der Waals surface area contributed by atoms with Gasteiger partial charge in [-0.1, -0.05) is 6.92 Å². The predicted octanol–water partition coefficient (Wildman–Crippen LogP) is 5.62. The summed E-state index contributed by atoms with van der Waals surface area (Å²) < 4.78 is 15.3. The zero-order valence-electron chi connectivity index (χ0n) is 20.4. The van der Waals surface area contributed by atoms with Crippen LogP contribution in [0.5, 0.6) is 0 Å². The van der Waals surface area contributed by atoms with E-state index in [4.69, 9.17) is 0 Å². The van der Waals surface area contributed by atoms with E-state index >= 15 is 0 Å². The minimum absolute atomic E-state index is 0.123. The van der Waals surface area contributed by atoms with Crippen LogP contribution < -0.4 is 0 Å². The highest BCUT2D eigenvalue weighted by Crippen LogP contribution is 2.74. The normalized spacial score (nSPS) is 46.9. The summed E-state index contributed by atoms with van der Waals surface area (Å²) in [5, 5.41) is 16.0. The molecule has 7 rings (SSSR count). The number of ketones is 1. The highest BCUT2D eigenvalue weighted by Gasteiger charge is 2.70. The SMILES string of the molecule is C[C@@]1(O)CC[C@H]2[C@H](CC[C@@H]3[C@@H]2CC[C@@]2(C)[C@H]3[C@@H]3C[C@@H]3[C@@H]2C(=O)Cn2cc3cc(F)ccc3n2)C1. The van der Waals surface area contributed by atoms with Crippen molar-refractivity contribution in [1.82, 2.24) is 9.78 Å². The fraction of sp³-hybridized carbons (Fsp3) is 0.724. The lowest BCUT2D eigenvalue weighted by Crippen LogP contribution is -2.52. The molecule has 4 nitrogen and oxygen atoms in total. The molecule has 0 saturated heterocycles. The molecule has 1 aromatic carbocycles. The third-order valence-electron chi connectivity index (χ3n) is 11.2. The first-order valence-electron chi connectivity index (χ1n) is 13.6. The maximum Gasteiger partial charge on any atom is 0.158 e. The molecule has 1 N–H and O–H groups in total. The second kappa shape index (κ2) is 7.15. The molecule has 2 aromatic rings. The lowest BCUT2D eigenvalue weighted by molar-refractivity contribution is -0.136. The number of hydrogen-bond donors (Lipinski definition) is 1. The average Bonchev–Trinajstić information content (AvgIpc) is 3.33. The Morgan fingerprint density at radius 3 is 2.76 bits per heavy atom. The molecular formula is C29H37FN2O2. The van der Waals surface area contributed by atoms with Gasteiger partial charge >= 0.3 is 0 Å². The Balaban J connectivity index is 1.12. The molecule has 10 atom stereocenters. The number of halogens is 1. The number of benzene rings is 1. The summed E-state index contributed by atoms with van der Waals surface area (Å²) in [5.41, 5.74) is 0.405. The Labute approximate surface area is 201 Å². The molecule has 5 saturated carbocycles. The van der Waals surface area contributed by atoms with Gasteiger partial charge in [-0.25, -0.2) is 4.39 Å². The Bertz CT molecular complexity index is 1160. The fourth-order valence-electron chi connectivity index (χ4n) is 10.0. The molecule has 5 aliphatic rings. The molecule has 0 unspecified atom stereocenters. The van der Waals surface area contributed by atoms with Gasteiger partial charge in [0.1, 0.15) is 5.82 Å². The number of Topliss-reactive ketones (excluding diaryl/α,β-unsaturated/α-hetero) is 1. The second-order valence-electron chi connectivity index (χ2n) is 13.2. The summed E-state index contributed by atoms with van der Waals surface area (Å²) in [5.74, 6) is 5.27. The van der Waals surface area contributed by atoms with Gasteiger partial charge in [-0.3, -0.25) is 9.48 Å². The van der Waals surface area contributed by atoms with Crippen LogP contribution in [0, 0.1) is 58.6 Å². The van der Waals surface area contributed by atoms with E-state index in [0.717, 1.165) is 47.4 Å². The van der Waals surface area contributed by atoms with Crippen molar-refractivity contribution in [3.05, 3.63) is 30.2 Å². The van der Waals surface area contributed by atoms with E-state index in [1.165, 1.54) is 50.7 Å². The molecule has 182 valence electrons. The van der Waals surface area contributed by atoms with Crippen LogP contribution in [0.3, 0.4) is 0 Å². The maximum absolute atomic E-state index is 13.8. The van der Waals surface area contributed by atoms with Crippen molar-refractivity contribution in [2.24, 2.45) is 52.8 Å². The van der Waals surface area contributed by atoms with Gasteiger partial charge in [0.25, 0.3) is 0 Å². The van der Waals surface area contributed by atoms with Crippen molar-refractivity contribution in [3.8, 4) is 0 Å². The summed E-state index contributed by atoms with van der Waals surface area (Å²) >= 11 is 0. The van der Waals surface area contributed by atoms with Gasteiger partial charge in [0, 0.05) is 17.5 Å². The largest absolute Gasteiger partial charge is 0.390 e. The molecule has 0 aliphatic heterocycles. The fourth-order valence-corrected chi connectivity index (χ4v) is 10.0. The standard InChI is InChI=1S/C29H37FN2O2/c1-28(34)9-7-19-16(13-28)3-5-21-20(19)8-10-29(2)26(21)22-12-23(22)27(29)25(33)15-32-14-17-11-18(30)4-6-24(17)31-32/h4,6,11,14,16,19-23,26-27,34H,3,5,7-10,12-13,15H2,1-2H3/t16-,19+,20-,21-,22-,23+,26-,27-,28-,29+/m1/s1. The molecule has 0 radical (unpaired) electrons. The minimum atomic E-state index is -0.466. The van der Waals surface area contributed by atoms with Gasteiger partial charge in [0.2, 0.25) is 0 Å². The molecule has 0 bridgehead atoms. The Kier molecular flexibility index (Phi) is 4.53. The lowest BCUT2D eigenvalue weighted by Gasteiger charge is -2.57. The first-order chi connectivity index (χ1) is 16.2. The Hall–Kier alpha value is -1.75. The van der Waals surface area contributed by atoms with Crippen molar-refractivity contribution in [3.63, 3.8) is 0 Å². The quantitative estimate of drug-likeness (QED) is 0.641. The van der Waals surface area contributed by atoms with E-state index in [1.807, 2.05) is 13.1 Å². The average molecular weight is 465 g/mol. The number of hydrogen-bond acceptors (Lipinski definition) is 3. The van der Waals surface area contributed by atoms with Crippen LogP contribution in [0.15, 0.2) is 24.4 Å². The van der Waals surface area contributed by atoms with E-state index < -0.39 is 5.60 Å². The number of fused-ring (bicyclic) bond motifs is 8. The second-order valence-corrected chi connectivity index (χ2v) is 13.2. The molecule has 34 heavy (non-hydrogen) atoms. The van der Waals surface area contributed by atoms with Crippen LogP contribution in [-0.4, -0.2) is 26.3 Å². The minimum Gasteiger partial charge on any atom is -0.390 e. The summed E-state index contributed by atoms with van der Waals surface area (Å²) in [4.78, 5) is 13.8. The van der Waals surface area contributed by atoms with Crippen LogP contribution in [0.4, 0.5) is 4.39 Å². The van der Waals surface area contributed by atoms with E-state index in [-0.39, 0.29) is 17.2 Å². The van der Waals surface area contributed by atoms with E-state index in [0.29, 0.717) is 30.1 Å². The van der Waals surface area contributed by atoms with Gasteiger partial charge in [-0.2, -0.15) is 5.10 Å². The topological polar surface area (TPSA) is 55.1 Å². The molecule has 1 heterocycles. The van der Waals surface area contributed by atoms with Crippen LogP contribution in [0.1, 0.15) is 65.2 Å². The van der Waals surface area contributed by atoms with E-state index in [2.05, 4.69) is 12.0 Å². The van der Waals surface area contributed by atoms with Crippen LogP contribution >= 0.6 is 0 Å². The monoisotopic (exact) mass is 464 g/mol. The smallest absolute Gasteiger partial charge is 0.158 e. The number of aromatic nitrogens is 2. The molecule has 5 heteroatoms.